The van der Waals surface area contributed by atoms with Crippen LogP contribution in [0.15, 0.2) is 424 Å². The van der Waals surface area contributed by atoms with Crippen molar-refractivity contribution in [2.45, 2.75) is 0 Å². The lowest BCUT2D eigenvalue weighted by Gasteiger charge is -2.28. The van der Waals surface area contributed by atoms with Gasteiger partial charge in [0.25, 0.3) is 0 Å². The van der Waals surface area contributed by atoms with Crippen LogP contribution in [0.2, 0.25) is 0 Å². The zero-order valence-electron chi connectivity index (χ0n) is 73.1. The molecule has 0 aliphatic carbocycles. The largest absolute Gasteiger partial charge is 0.310 e. The van der Waals surface area contributed by atoms with Crippen LogP contribution < -0.4 is 9.80 Å². The van der Waals surface area contributed by atoms with E-state index >= 15 is 0 Å². The van der Waals surface area contributed by atoms with Gasteiger partial charge in [0.1, 0.15) is 0 Å². The summed E-state index contributed by atoms with van der Waals surface area (Å²) in [6.45, 7) is 0. The summed E-state index contributed by atoms with van der Waals surface area (Å²) in [5.41, 5.74) is 5.98. The third-order valence-corrected chi connectivity index (χ3v) is 19.9. The number of hydrogen-bond donors (Lipinski definition) is 0. The highest BCUT2D eigenvalue weighted by molar-refractivity contribution is 6.18. The minimum atomic E-state index is -0.391. The fourth-order valence-electron chi connectivity index (χ4n) is 14.9. The Morgan fingerprint density at radius 3 is 0.792 bits per heavy atom. The molecule has 20 aromatic carbocycles. The van der Waals surface area contributed by atoms with Gasteiger partial charge in [-0.05, 0) is 221 Å². The van der Waals surface area contributed by atoms with E-state index in [1.165, 1.54) is 9.80 Å². The molecule has 0 atom stereocenters. The molecule has 0 saturated carbocycles. The molecule has 0 aliphatic rings. The van der Waals surface area contributed by atoms with Crippen LogP contribution >= 0.6 is 0 Å². The van der Waals surface area contributed by atoms with Crippen molar-refractivity contribution >= 4 is 120 Å². The van der Waals surface area contributed by atoms with Gasteiger partial charge in [0.2, 0.25) is 0 Å². The van der Waals surface area contributed by atoms with Crippen LogP contribution in [0.25, 0.3) is 153 Å². The molecule has 106 heavy (non-hydrogen) atoms. The Kier molecular flexibility index (Phi) is 12.4. The van der Waals surface area contributed by atoms with Crippen molar-refractivity contribution in [1.82, 2.24) is 0 Å². The standard InChI is InChI=1S/2C52H35N/c1-2-14-36(15-3-1)43-18-8-9-19-44(43)37-26-30-41(31-27-37)53(52-35-40-17-5-7-21-46(40)48-23-12-13-25-50(48)52)42-32-28-38(29-33-42)51-34-39-16-4-6-20-45(39)47-22-10-11-24-49(47)51;1-2-13-36(14-3-1)39-17-12-18-40(33-39)37-25-29-43(30-26-37)53(52-35-42-16-5-7-20-46(42)48-22-10-11-24-50(48)52)44-31-27-38(28-32-44)51-34-41-15-4-6-19-45(41)47-21-8-9-23-49(47)51/h2*1-35H/i26D,27D,28D,29D,30D,31D,32D,33D;25D,26D,27D,28D,29D,30D,31D,32D. The van der Waals surface area contributed by atoms with Gasteiger partial charge in [-0.2, -0.15) is 0 Å². The van der Waals surface area contributed by atoms with Gasteiger partial charge in [0.15, 0.2) is 0 Å². The summed E-state index contributed by atoms with van der Waals surface area (Å²) in [7, 11) is 0. The maximum atomic E-state index is 9.79. The predicted octanol–water partition coefficient (Wildman–Crippen LogP) is 29.5. The van der Waals surface area contributed by atoms with Gasteiger partial charge in [-0.3, -0.25) is 0 Å². The molecule has 0 unspecified atom stereocenters. The number of fused-ring (bicyclic) bond motifs is 12. The summed E-state index contributed by atoms with van der Waals surface area (Å²) in [5, 5.41) is 13.6. The van der Waals surface area contributed by atoms with E-state index in [1.54, 1.807) is 18.2 Å². The Balaban J connectivity index is 0.000000161. The van der Waals surface area contributed by atoms with Gasteiger partial charge in [-0.15, -0.1) is 0 Å². The molecule has 0 fully saturated rings. The molecular weight excluding hydrogens is 1280 g/mol. The third-order valence-electron chi connectivity index (χ3n) is 19.9. The normalized spacial score (nSPS) is 13.5. The van der Waals surface area contributed by atoms with Crippen molar-refractivity contribution in [2.75, 3.05) is 9.80 Å². The van der Waals surface area contributed by atoms with Crippen molar-refractivity contribution in [3.8, 4) is 66.8 Å². The molecule has 0 heterocycles. The Morgan fingerprint density at radius 1 is 0.151 bits per heavy atom. The highest BCUT2D eigenvalue weighted by Gasteiger charge is 2.22. The first kappa shape index (κ1) is 48.1. The highest BCUT2D eigenvalue weighted by Crippen LogP contribution is 2.47. The van der Waals surface area contributed by atoms with E-state index in [1.807, 2.05) is 309 Å². The van der Waals surface area contributed by atoms with Crippen LogP contribution in [-0.2, 0) is 0 Å². The minimum absolute atomic E-state index is 0.109. The first-order valence-corrected chi connectivity index (χ1v) is 35.2. The quantitative estimate of drug-likeness (QED) is 0.113. The number of anilines is 6. The van der Waals surface area contributed by atoms with E-state index in [9.17, 15) is 21.9 Å². The molecule has 0 radical (unpaired) electrons. The minimum Gasteiger partial charge on any atom is -0.310 e. The molecule has 0 N–H and O–H groups in total. The van der Waals surface area contributed by atoms with Gasteiger partial charge in [0, 0.05) is 33.5 Å². The highest BCUT2D eigenvalue weighted by atomic mass is 15.1. The van der Waals surface area contributed by atoms with Gasteiger partial charge in [-0.25, -0.2) is 0 Å². The zero-order chi connectivity index (χ0) is 84.2. The van der Waals surface area contributed by atoms with Crippen LogP contribution in [0.4, 0.5) is 34.1 Å². The van der Waals surface area contributed by atoms with E-state index in [0.717, 1.165) is 97.7 Å². The van der Waals surface area contributed by atoms with Gasteiger partial charge in [-0.1, -0.05) is 346 Å². The van der Waals surface area contributed by atoms with E-state index in [4.69, 9.17) is 0 Å². The number of hydrogen-bond acceptors (Lipinski definition) is 2. The SMILES string of the molecule is [2H]c1c([2H])c(N(c2c([2H])c([2H])c(-c3cc4ccccc4c4ccccc34)c([2H])c2[2H])c2cc3ccccc3c3ccccc23)c([2H])c([2H])c1-c1cccc(-c2ccccc2)c1.[2H]c1c([2H])c(N(c2c([2H])c([2H])c(-c3cc4ccccc4c4ccccc34)c([2H])c2[2H])c2cc3ccccc3c3ccccc23)c([2H])c([2H])c1-c1ccccc1-c1ccccc1. The van der Waals surface area contributed by atoms with Gasteiger partial charge in [0.05, 0.1) is 33.3 Å². The topological polar surface area (TPSA) is 6.48 Å². The lowest BCUT2D eigenvalue weighted by molar-refractivity contribution is 1.30. The molecule has 0 aliphatic heterocycles. The molecule has 20 rings (SSSR count). The van der Waals surface area contributed by atoms with Crippen LogP contribution in [0.3, 0.4) is 0 Å². The number of nitrogens with zero attached hydrogens (tertiary/aromatic N) is 2. The molecule has 0 bridgehead atoms. The lowest BCUT2D eigenvalue weighted by Crippen LogP contribution is -2.10. The predicted molar refractivity (Wildman–Crippen MR) is 455 cm³/mol. The maximum Gasteiger partial charge on any atom is 0.0645 e. The average Bonchev–Trinajstić information content (AvgIpc) is 0.719. The van der Waals surface area contributed by atoms with Crippen LogP contribution in [0.1, 0.15) is 21.9 Å². The van der Waals surface area contributed by atoms with Crippen LogP contribution in [0, 0.1) is 0 Å². The average molecular weight is 1360 g/mol. The molecule has 0 aromatic heterocycles. The molecule has 0 saturated heterocycles. The molecule has 0 amide bonds. The fraction of sp³-hybridized carbons (Fsp3) is 0. The lowest BCUT2D eigenvalue weighted by atomic mass is 9.93. The number of benzene rings is 20. The zero-order valence-corrected chi connectivity index (χ0v) is 57.1. The van der Waals surface area contributed by atoms with Crippen LogP contribution in [0.5, 0.6) is 0 Å². The second kappa shape index (κ2) is 27.5. The first-order chi connectivity index (χ1) is 59.3. The van der Waals surface area contributed by atoms with Crippen molar-refractivity contribution in [2.24, 2.45) is 0 Å². The van der Waals surface area contributed by atoms with E-state index in [-0.39, 0.29) is 130 Å². The van der Waals surface area contributed by atoms with Crippen molar-refractivity contribution in [3.63, 3.8) is 0 Å². The summed E-state index contributed by atoms with van der Waals surface area (Å²) in [5.74, 6) is 0. The Labute approximate surface area is 640 Å². The van der Waals surface area contributed by atoms with Gasteiger partial charge < -0.3 is 9.80 Å². The molecule has 20 aromatic rings. The summed E-state index contributed by atoms with van der Waals surface area (Å²) >= 11 is 0. The Bertz CT molecular complexity index is 7630. The van der Waals surface area contributed by atoms with Crippen LogP contribution in [-0.4, -0.2) is 0 Å². The summed E-state index contributed by atoms with van der Waals surface area (Å²) in [4.78, 5) is 2.84. The Hall–Kier alpha value is -13.9. The second-order valence-corrected chi connectivity index (χ2v) is 26.1. The summed E-state index contributed by atoms with van der Waals surface area (Å²) in [6.07, 6.45) is 0. The summed E-state index contributed by atoms with van der Waals surface area (Å²) < 4.78 is 155. The van der Waals surface area contributed by atoms with Crippen molar-refractivity contribution < 1.29 is 21.9 Å². The summed E-state index contributed by atoms with van der Waals surface area (Å²) in [6, 6.07) is 98.1. The van der Waals surface area contributed by atoms with E-state index in [0.29, 0.717) is 44.4 Å². The van der Waals surface area contributed by atoms with Crippen molar-refractivity contribution in [3.05, 3.63) is 424 Å². The Morgan fingerprint density at radius 2 is 0.406 bits per heavy atom. The maximum absolute atomic E-state index is 9.79. The monoisotopic (exact) mass is 1360 g/mol. The second-order valence-electron chi connectivity index (χ2n) is 26.1. The smallest absolute Gasteiger partial charge is 0.0645 e. The third kappa shape index (κ3) is 11.7. The van der Waals surface area contributed by atoms with E-state index in [2.05, 4.69) is 0 Å². The van der Waals surface area contributed by atoms with Gasteiger partial charge >= 0.3 is 0 Å². The van der Waals surface area contributed by atoms with Crippen molar-refractivity contribution in [1.29, 1.82) is 0 Å². The molecular formula is C104H70N2. The first-order valence-electron chi connectivity index (χ1n) is 43.2. The van der Waals surface area contributed by atoms with E-state index < -0.39 is 12.1 Å². The molecule has 2 nitrogen and oxygen atoms in total. The molecule has 2 heteroatoms. The fourth-order valence-corrected chi connectivity index (χ4v) is 14.9. The number of rotatable bonds is 12. The molecule has 496 valence electrons. The molecule has 0 spiro atoms.